The fraction of sp³-hybridized carbons (Fsp3) is 0.444. The lowest BCUT2D eigenvalue weighted by Crippen LogP contribution is -2.47. The van der Waals surface area contributed by atoms with Gasteiger partial charge in [-0.15, -0.1) is 0 Å². The summed E-state index contributed by atoms with van der Waals surface area (Å²) in [6.07, 6.45) is -0.911. The maximum Gasteiger partial charge on any atom is 0.259 e. The van der Waals surface area contributed by atoms with Crippen LogP contribution in [0.1, 0.15) is 29.1 Å². The second-order valence-electron chi connectivity index (χ2n) is 6.27. The molecule has 1 aliphatic rings. The third kappa shape index (κ3) is 3.52. The monoisotopic (exact) mass is 345 g/mol. The van der Waals surface area contributed by atoms with Crippen molar-refractivity contribution in [3.63, 3.8) is 0 Å². The molecule has 25 heavy (non-hydrogen) atoms. The van der Waals surface area contributed by atoms with Crippen molar-refractivity contribution in [1.29, 1.82) is 0 Å². The molecule has 7 heteroatoms. The van der Waals surface area contributed by atoms with Crippen LogP contribution in [0.3, 0.4) is 0 Å². The summed E-state index contributed by atoms with van der Waals surface area (Å²) in [5, 5.41) is 14.1. The van der Waals surface area contributed by atoms with Crippen LogP contribution in [-0.2, 0) is 0 Å². The maximum absolute atomic E-state index is 13.1. The number of methoxy groups -OCH3 is 1. The number of benzene rings is 1. The number of aliphatic hydroxyl groups excluding tert-OH is 1. The summed E-state index contributed by atoms with van der Waals surface area (Å²) in [4.78, 5) is 17.0. The number of ether oxygens (including phenoxy) is 1. The van der Waals surface area contributed by atoms with Gasteiger partial charge in [-0.2, -0.15) is 0 Å². The lowest BCUT2D eigenvalue weighted by atomic mass is 10.0. The Morgan fingerprint density at radius 3 is 2.44 bits per heavy atom. The summed E-state index contributed by atoms with van der Waals surface area (Å²) in [5.74, 6) is 0.765. The predicted molar refractivity (Wildman–Crippen MR) is 92.5 cm³/mol. The molecule has 0 radical (unpaired) electrons. The number of aliphatic hydroxyl groups is 1. The zero-order valence-electron chi connectivity index (χ0n) is 14.7. The number of nitrogens with zero attached hydrogens (tertiary/aromatic N) is 3. The summed E-state index contributed by atoms with van der Waals surface area (Å²) >= 11 is 0. The minimum Gasteiger partial charge on any atom is -0.497 e. The van der Waals surface area contributed by atoms with E-state index < -0.39 is 6.10 Å². The van der Waals surface area contributed by atoms with Gasteiger partial charge in [-0.05, 0) is 38.2 Å². The summed E-state index contributed by atoms with van der Waals surface area (Å²) in [6.45, 7) is 4.49. The first-order valence-electron chi connectivity index (χ1n) is 8.31. The molecule has 1 saturated heterocycles. The number of carbonyl (C=O) groups excluding carboxylic acids is 1. The number of carbonyl (C=O) groups is 1. The molecule has 1 atom stereocenters. The lowest BCUT2D eigenvalue weighted by molar-refractivity contribution is 0.0654. The third-order valence-corrected chi connectivity index (χ3v) is 4.47. The highest BCUT2D eigenvalue weighted by Gasteiger charge is 2.31. The minimum atomic E-state index is -0.911. The van der Waals surface area contributed by atoms with Crippen LogP contribution in [0, 0.1) is 0 Å². The first-order chi connectivity index (χ1) is 12.0. The van der Waals surface area contributed by atoms with Crippen molar-refractivity contribution in [1.82, 2.24) is 15.0 Å². The zero-order chi connectivity index (χ0) is 18.0. The molecule has 3 rings (SSSR count). The normalized spacial score (nSPS) is 16.7. The highest BCUT2D eigenvalue weighted by Crippen LogP contribution is 2.31. The van der Waals surface area contributed by atoms with Gasteiger partial charge in [0, 0.05) is 31.7 Å². The molecule has 1 aromatic heterocycles. The number of hydrogen-bond acceptors (Lipinski definition) is 6. The molecule has 2 heterocycles. The molecule has 1 aromatic carbocycles. The SMILES string of the molecule is COc1ccc(-c2noc(C(C)O)c2C(=O)N2CCN(C)CC2)cc1. The number of amides is 1. The minimum absolute atomic E-state index is 0.156. The summed E-state index contributed by atoms with van der Waals surface area (Å²) in [7, 11) is 3.63. The number of piperazine rings is 1. The molecule has 0 bridgehead atoms. The molecular weight excluding hydrogens is 322 g/mol. The topological polar surface area (TPSA) is 79.0 Å². The van der Waals surface area contributed by atoms with E-state index in [1.165, 1.54) is 0 Å². The fourth-order valence-corrected chi connectivity index (χ4v) is 2.91. The van der Waals surface area contributed by atoms with Gasteiger partial charge >= 0.3 is 0 Å². The Hall–Kier alpha value is -2.38. The molecule has 134 valence electrons. The third-order valence-electron chi connectivity index (χ3n) is 4.47. The van der Waals surface area contributed by atoms with Crippen molar-refractivity contribution in [2.45, 2.75) is 13.0 Å². The first kappa shape index (κ1) is 17.4. The zero-order valence-corrected chi connectivity index (χ0v) is 14.7. The van der Waals surface area contributed by atoms with Gasteiger partial charge < -0.3 is 24.2 Å². The molecule has 1 fully saturated rings. The van der Waals surface area contributed by atoms with Crippen molar-refractivity contribution in [2.24, 2.45) is 0 Å². The molecular formula is C18H23N3O4. The van der Waals surface area contributed by atoms with Crippen molar-refractivity contribution in [3.8, 4) is 17.0 Å². The van der Waals surface area contributed by atoms with Crippen LogP contribution in [0.2, 0.25) is 0 Å². The van der Waals surface area contributed by atoms with Gasteiger partial charge in [0.1, 0.15) is 23.1 Å². The van der Waals surface area contributed by atoms with Crippen molar-refractivity contribution in [2.75, 3.05) is 40.3 Å². The average molecular weight is 345 g/mol. The van der Waals surface area contributed by atoms with Crippen LogP contribution in [-0.4, -0.2) is 66.3 Å². The Balaban J connectivity index is 1.98. The smallest absolute Gasteiger partial charge is 0.259 e. The van der Waals surface area contributed by atoms with Crippen LogP contribution >= 0.6 is 0 Å². The number of likely N-dealkylation sites (N-methyl/N-ethyl adjacent to an activating group) is 1. The van der Waals surface area contributed by atoms with Crippen LogP contribution in [0.4, 0.5) is 0 Å². The molecule has 7 nitrogen and oxygen atoms in total. The highest BCUT2D eigenvalue weighted by molar-refractivity contribution is 6.01. The van der Waals surface area contributed by atoms with Gasteiger partial charge in [0.2, 0.25) is 0 Å². The van der Waals surface area contributed by atoms with E-state index in [1.807, 2.05) is 19.2 Å². The second-order valence-corrected chi connectivity index (χ2v) is 6.27. The summed E-state index contributed by atoms with van der Waals surface area (Å²) in [5.41, 5.74) is 1.53. The Morgan fingerprint density at radius 2 is 1.88 bits per heavy atom. The van der Waals surface area contributed by atoms with E-state index >= 15 is 0 Å². The van der Waals surface area contributed by atoms with Gasteiger partial charge in [0.05, 0.1) is 7.11 Å². The fourth-order valence-electron chi connectivity index (χ4n) is 2.91. The molecule has 1 aliphatic heterocycles. The number of aromatic nitrogens is 1. The Morgan fingerprint density at radius 1 is 1.24 bits per heavy atom. The van der Waals surface area contributed by atoms with Crippen LogP contribution in [0.25, 0.3) is 11.3 Å². The molecule has 2 aromatic rings. The van der Waals surface area contributed by atoms with Gasteiger partial charge in [-0.25, -0.2) is 0 Å². The van der Waals surface area contributed by atoms with Crippen molar-refractivity contribution < 1.29 is 19.2 Å². The van der Waals surface area contributed by atoms with E-state index in [4.69, 9.17) is 9.26 Å². The number of hydrogen-bond donors (Lipinski definition) is 1. The second kappa shape index (κ2) is 7.25. The van der Waals surface area contributed by atoms with E-state index in [0.29, 0.717) is 24.3 Å². The Labute approximate surface area is 146 Å². The van der Waals surface area contributed by atoms with E-state index in [2.05, 4.69) is 10.1 Å². The molecule has 1 unspecified atom stereocenters. The predicted octanol–water partition coefficient (Wildman–Crippen LogP) is 1.79. The lowest BCUT2D eigenvalue weighted by Gasteiger charge is -2.32. The van der Waals surface area contributed by atoms with Crippen LogP contribution < -0.4 is 4.74 Å². The quantitative estimate of drug-likeness (QED) is 0.910. The van der Waals surface area contributed by atoms with Gasteiger partial charge in [0.15, 0.2) is 5.76 Å². The van der Waals surface area contributed by atoms with Crippen LogP contribution in [0.15, 0.2) is 28.8 Å². The van der Waals surface area contributed by atoms with Gasteiger partial charge in [-0.3, -0.25) is 4.79 Å². The number of rotatable bonds is 4. The van der Waals surface area contributed by atoms with Crippen molar-refractivity contribution in [3.05, 3.63) is 35.6 Å². The standard InChI is InChI=1S/C18H23N3O4/c1-12(22)17-15(18(23)21-10-8-20(2)9-11-21)16(19-25-17)13-4-6-14(24-3)7-5-13/h4-7,12,22H,8-11H2,1-3H3. The van der Waals surface area contributed by atoms with Gasteiger partial charge in [-0.1, -0.05) is 5.16 Å². The average Bonchev–Trinajstić information content (AvgIpc) is 3.07. The van der Waals surface area contributed by atoms with Crippen molar-refractivity contribution >= 4 is 5.91 Å². The molecule has 0 aliphatic carbocycles. The Kier molecular flexibility index (Phi) is 5.06. The van der Waals surface area contributed by atoms with E-state index in [1.54, 1.807) is 31.1 Å². The summed E-state index contributed by atoms with van der Waals surface area (Å²) < 4.78 is 10.5. The molecule has 0 spiro atoms. The van der Waals surface area contributed by atoms with Crippen LogP contribution in [0.5, 0.6) is 5.75 Å². The Bertz CT molecular complexity index is 731. The molecule has 0 saturated carbocycles. The first-order valence-corrected chi connectivity index (χ1v) is 8.31. The highest BCUT2D eigenvalue weighted by atomic mass is 16.5. The van der Waals surface area contributed by atoms with Gasteiger partial charge in [0.25, 0.3) is 5.91 Å². The van der Waals surface area contributed by atoms with E-state index in [9.17, 15) is 9.90 Å². The van der Waals surface area contributed by atoms with E-state index in [-0.39, 0.29) is 11.7 Å². The largest absolute Gasteiger partial charge is 0.497 e. The maximum atomic E-state index is 13.1. The summed E-state index contributed by atoms with van der Waals surface area (Å²) in [6, 6.07) is 7.25. The molecule has 1 N–H and O–H groups in total. The van der Waals surface area contributed by atoms with E-state index in [0.717, 1.165) is 24.4 Å². The molecule has 1 amide bonds.